The molecule has 0 aromatic heterocycles. The van der Waals surface area contributed by atoms with Crippen molar-refractivity contribution in [3.63, 3.8) is 0 Å². The molecule has 0 aromatic rings. The predicted molar refractivity (Wildman–Crippen MR) is 29.0 cm³/mol. The first kappa shape index (κ1) is 11.2. The summed E-state index contributed by atoms with van der Waals surface area (Å²) < 4.78 is 31.6. The molecular weight excluding hydrogens is 150 g/mol. The fourth-order valence-electron chi connectivity index (χ4n) is 0. The molecule has 0 spiro atoms. The zero-order valence-electron chi connectivity index (χ0n) is 4.60. The maximum atomic E-state index is 9.22. The topological polar surface area (TPSA) is 118 Å². The summed E-state index contributed by atoms with van der Waals surface area (Å²) in [7, 11) is -4.67. The highest BCUT2D eigenvalue weighted by Gasteiger charge is 1.84. The molecule has 0 rings (SSSR count). The van der Waals surface area contributed by atoms with Crippen LogP contribution in [0.5, 0.6) is 0 Å². The maximum Gasteiger partial charge on any atom is 0.394 e. The average Bonchev–Trinajstić information content (AvgIpc) is 1.19. The van der Waals surface area contributed by atoms with Gasteiger partial charge >= 0.3 is 10.4 Å². The zero-order valence-corrected chi connectivity index (χ0v) is 5.42. The Bertz CT molecular complexity index is 157. The number of amides is 1. The van der Waals surface area contributed by atoms with E-state index in [0.717, 1.165) is 0 Å². The lowest BCUT2D eigenvalue weighted by Crippen LogP contribution is -2.01. The Morgan fingerprint density at radius 3 is 1.44 bits per heavy atom. The number of hydrogen-bond donors (Lipinski definition) is 3. The van der Waals surface area contributed by atoms with E-state index in [1.54, 1.807) is 0 Å². The first-order chi connectivity index (χ1) is 3.73. The van der Waals surface area contributed by atoms with E-state index < -0.39 is 10.4 Å². The van der Waals surface area contributed by atoms with E-state index in [2.05, 4.69) is 5.73 Å². The third-order valence-corrected chi connectivity index (χ3v) is 0. The van der Waals surface area contributed by atoms with Crippen LogP contribution in [-0.4, -0.2) is 23.4 Å². The molecule has 0 saturated heterocycles. The molecule has 9 heavy (non-hydrogen) atoms. The van der Waals surface area contributed by atoms with Crippen molar-refractivity contribution < 1.29 is 22.3 Å². The number of rotatable bonds is 0. The van der Waals surface area contributed by atoms with Crippen LogP contribution in [0.25, 0.3) is 0 Å². The summed E-state index contributed by atoms with van der Waals surface area (Å²) in [5.41, 5.74) is 4.47. The second-order valence-corrected chi connectivity index (χ2v) is 1.95. The van der Waals surface area contributed by atoms with E-state index in [9.17, 15) is 4.79 Å². The van der Waals surface area contributed by atoms with Crippen LogP contribution in [0.3, 0.4) is 0 Å². The van der Waals surface area contributed by atoms with Gasteiger partial charge in [-0.05, 0) is 0 Å². The van der Waals surface area contributed by atoms with Crippen molar-refractivity contribution in [1.82, 2.24) is 0 Å². The van der Waals surface area contributed by atoms with Gasteiger partial charge in [0.05, 0.1) is 0 Å². The third-order valence-electron chi connectivity index (χ3n) is 0. The smallest absolute Gasteiger partial charge is 0.370 e. The number of carbonyl (C=O) groups is 1. The van der Waals surface area contributed by atoms with E-state index in [0.29, 0.717) is 0 Å². The van der Waals surface area contributed by atoms with Crippen LogP contribution in [0.2, 0.25) is 0 Å². The fraction of sp³-hybridized carbons (Fsp3) is 0.500. The predicted octanol–water partition coefficient (Wildman–Crippen LogP) is -1.16. The minimum absolute atomic E-state index is 0.333. The molecule has 0 bridgehead atoms. The fourth-order valence-corrected chi connectivity index (χ4v) is 0. The summed E-state index contributed by atoms with van der Waals surface area (Å²) >= 11 is 0. The lowest BCUT2D eigenvalue weighted by atomic mass is 10.8. The van der Waals surface area contributed by atoms with Crippen molar-refractivity contribution in [3.8, 4) is 0 Å². The third kappa shape index (κ3) is 480. The Hall–Kier alpha value is -0.660. The highest BCUT2D eigenvalue weighted by molar-refractivity contribution is 7.79. The molecule has 7 heteroatoms. The highest BCUT2D eigenvalue weighted by Crippen LogP contribution is 1.59. The van der Waals surface area contributed by atoms with Crippen LogP contribution in [0, 0.1) is 0 Å². The van der Waals surface area contributed by atoms with E-state index in [1.165, 1.54) is 6.92 Å². The molecule has 56 valence electrons. The van der Waals surface area contributed by atoms with Gasteiger partial charge in [-0.3, -0.25) is 13.9 Å². The molecule has 0 saturated carbocycles. The van der Waals surface area contributed by atoms with Gasteiger partial charge in [0, 0.05) is 6.92 Å². The molecule has 1 amide bonds. The molecule has 0 aliphatic rings. The molecule has 0 radical (unpaired) electrons. The van der Waals surface area contributed by atoms with E-state index in [4.69, 9.17) is 17.5 Å². The number of primary amides is 1. The minimum atomic E-state index is -4.67. The van der Waals surface area contributed by atoms with Gasteiger partial charge in [0.25, 0.3) is 0 Å². The van der Waals surface area contributed by atoms with Crippen molar-refractivity contribution in [2.45, 2.75) is 6.92 Å². The van der Waals surface area contributed by atoms with Crippen LogP contribution < -0.4 is 5.73 Å². The van der Waals surface area contributed by atoms with E-state index >= 15 is 0 Å². The normalized spacial score (nSPS) is 9.22. The van der Waals surface area contributed by atoms with E-state index in [1.807, 2.05) is 0 Å². The molecule has 0 aromatic carbocycles. The van der Waals surface area contributed by atoms with Gasteiger partial charge in [0.15, 0.2) is 0 Å². The zero-order chi connectivity index (χ0) is 8.08. The van der Waals surface area contributed by atoms with Gasteiger partial charge in [-0.1, -0.05) is 0 Å². The molecule has 0 heterocycles. The number of carbonyl (C=O) groups excluding carboxylic acids is 1. The van der Waals surface area contributed by atoms with Gasteiger partial charge in [-0.15, -0.1) is 0 Å². The maximum absolute atomic E-state index is 9.22. The average molecular weight is 157 g/mol. The molecule has 0 atom stereocenters. The van der Waals surface area contributed by atoms with Crippen molar-refractivity contribution >= 4 is 16.3 Å². The Kier molecular flexibility index (Phi) is 5.27. The van der Waals surface area contributed by atoms with Gasteiger partial charge < -0.3 is 5.73 Å². The Morgan fingerprint density at radius 1 is 1.44 bits per heavy atom. The molecule has 6 nitrogen and oxygen atoms in total. The molecule has 0 fully saturated rings. The van der Waals surface area contributed by atoms with Gasteiger partial charge in [-0.25, -0.2) is 0 Å². The monoisotopic (exact) mass is 157 g/mol. The molecule has 4 N–H and O–H groups in total. The first-order valence-corrected chi connectivity index (χ1v) is 3.09. The minimum Gasteiger partial charge on any atom is -0.370 e. The summed E-state index contributed by atoms with van der Waals surface area (Å²) in [6.45, 7) is 1.31. The Labute approximate surface area is 52.2 Å². The first-order valence-electron chi connectivity index (χ1n) is 1.69. The molecule has 0 aliphatic carbocycles. The summed E-state index contributed by atoms with van der Waals surface area (Å²) in [5, 5.41) is 0. The van der Waals surface area contributed by atoms with Crippen molar-refractivity contribution in [2.75, 3.05) is 0 Å². The standard InChI is InChI=1S/C2H5NO.H2O4S/c1-2(3)4;1-5(2,3)4/h1H3,(H2,3,4);(H2,1,2,3,4). The highest BCUT2D eigenvalue weighted by atomic mass is 32.3. The largest absolute Gasteiger partial charge is 0.394 e. The second kappa shape index (κ2) is 4.24. The summed E-state index contributed by atoms with van der Waals surface area (Å²) in [4.78, 5) is 9.22. The van der Waals surface area contributed by atoms with Crippen LogP contribution in [0.1, 0.15) is 6.92 Å². The summed E-state index contributed by atoms with van der Waals surface area (Å²) in [5.74, 6) is -0.333. The van der Waals surface area contributed by atoms with Crippen molar-refractivity contribution in [1.29, 1.82) is 0 Å². The van der Waals surface area contributed by atoms with Crippen LogP contribution in [-0.2, 0) is 15.2 Å². The molecule has 0 unspecified atom stereocenters. The molecule has 0 aliphatic heterocycles. The SMILES string of the molecule is CC(N)=O.O=S(=O)(O)O. The lowest BCUT2D eigenvalue weighted by molar-refractivity contribution is -0.115. The second-order valence-electron chi connectivity index (χ2n) is 1.06. The van der Waals surface area contributed by atoms with Crippen LogP contribution in [0.4, 0.5) is 0 Å². The number of hydrogen-bond acceptors (Lipinski definition) is 3. The molecular formula is C2H7NO5S. The lowest BCUT2D eigenvalue weighted by Gasteiger charge is -1.68. The van der Waals surface area contributed by atoms with Gasteiger partial charge in [-0.2, -0.15) is 8.42 Å². The van der Waals surface area contributed by atoms with Gasteiger partial charge in [0.1, 0.15) is 0 Å². The van der Waals surface area contributed by atoms with Crippen molar-refractivity contribution in [3.05, 3.63) is 0 Å². The Balaban J connectivity index is 0. The summed E-state index contributed by atoms with van der Waals surface area (Å²) in [6, 6.07) is 0. The Morgan fingerprint density at radius 2 is 1.44 bits per heavy atom. The van der Waals surface area contributed by atoms with Crippen LogP contribution >= 0.6 is 0 Å². The van der Waals surface area contributed by atoms with Gasteiger partial charge in [0.2, 0.25) is 5.91 Å². The van der Waals surface area contributed by atoms with E-state index in [-0.39, 0.29) is 5.91 Å². The quantitative estimate of drug-likeness (QED) is 0.383. The van der Waals surface area contributed by atoms with Crippen LogP contribution in [0.15, 0.2) is 0 Å². The van der Waals surface area contributed by atoms with Crippen molar-refractivity contribution in [2.24, 2.45) is 5.73 Å². The summed E-state index contributed by atoms with van der Waals surface area (Å²) in [6.07, 6.45) is 0. The number of nitrogens with two attached hydrogens (primary N) is 1.